The number of anilines is 1. The second-order valence-corrected chi connectivity index (χ2v) is 9.00. The Bertz CT molecular complexity index is 1620. The average molecular weight is 537 g/mol. The minimum absolute atomic E-state index is 0.0324. The molecule has 1 fully saturated rings. The molecule has 3 amide bonds. The molecule has 3 heterocycles. The van der Waals surface area contributed by atoms with Gasteiger partial charge >= 0.3 is 0 Å². The van der Waals surface area contributed by atoms with Crippen LogP contribution in [-0.4, -0.2) is 45.3 Å². The predicted octanol–water partition coefficient (Wildman–Crippen LogP) is 3.64. The highest BCUT2D eigenvalue weighted by atomic mass is 35.5. The second kappa shape index (κ2) is 8.24. The molecule has 0 spiro atoms. The van der Waals surface area contributed by atoms with Gasteiger partial charge in [0.2, 0.25) is 6.79 Å². The van der Waals surface area contributed by atoms with Gasteiger partial charge in [-0.25, -0.2) is 0 Å². The van der Waals surface area contributed by atoms with Crippen LogP contribution in [0.3, 0.4) is 0 Å². The van der Waals surface area contributed by atoms with E-state index in [1.54, 1.807) is 18.2 Å². The number of halogens is 1. The zero-order chi connectivity index (χ0) is 26.9. The highest BCUT2D eigenvalue weighted by Gasteiger charge is 2.58. The summed E-state index contributed by atoms with van der Waals surface area (Å²) in [6.07, 6.45) is 0. The van der Waals surface area contributed by atoms with Gasteiger partial charge in [-0.15, -0.1) is 0 Å². The summed E-state index contributed by atoms with van der Waals surface area (Å²) in [7, 11) is 0. The van der Waals surface area contributed by atoms with E-state index in [4.69, 9.17) is 21.1 Å². The molecule has 0 unspecified atom stereocenters. The standard InChI is InChI=1S/C24H13ClN4O9/c25-12-2-5-16(17(8-12)29(35)36)26-20(11-1-6-18-19(7-11)38-10-37-18)21(24(26)32)27-22(30)14-4-3-13(28(33)34)9-15(14)23(27)31/h1-9,20-21H,10H2/t20-,21+/m0/s1. The maximum atomic E-state index is 13.6. The number of carbonyl (C=O) groups excluding carboxylic acids is 3. The summed E-state index contributed by atoms with van der Waals surface area (Å²) in [4.78, 5) is 63.7. The maximum absolute atomic E-state index is 13.6. The quantitative estimate of drug-likeness (QED) is 0.205. The molecule has 0 saturated carbocycles. The number of non-ortho nitro benzene ring substituents is 1. The smallest absolute Gasteiger partial charge is 0.294 e. The van der Waals surface area contributed by atoms with Crippen molar-refractivity contribution in [3.63, 3.8) is 0 Å². The van der Waals surface area contributed by atoms with Crippen LogP contribution in [0.2, 0.25) is 5.02 Å². The Kier molecular flexibility index (Phi) is 5.07. The number of benzene rings is 3. The third-order valence-electron chi connectivity index (χ3n) is 6.59. The Morgan fingerprint density at radius 1 is 0.789 bits per heavy atom. The predicted molar refractivity (Wildman–Crippen MR) is 128 cm³/mol. The first kappa shape index (κ1) is 23.4. The first-order valence-corrected chi connectivity index (χ1v) is 11.4. The summed E-state index contributed by atoms with van der Waals surface area (Å²) in [6.45, 7) is -0.0324. The molecule has 14 heteroatoms. The number of nitro groups is 2. The summed E-state index contributed by atoms with van der Waals surface area (Å²) in [6, 6.07) is 9.31. The van der Waals surface area contributed by atoms with Gasteiger partial charge in [0.15, 0.2) is 11.5 Å². The molecule has 0 aromatic heterocycles. The normalized spacial score (nSPS) is 19.4. The SMILES string of the molecule is O=C1c2ccc([N+](=O)[O-])cc2C(=O)N1[C@H]1C(=O)N(c2ccc(Cl)cc2[N+](=O)[O-])[C@H]1c1ccc2c(c1)OCO2. The molecule has 38 heavy (non-hydrogen) atoms. The van der Waals surface area contributed by atoms with Crippen molar-refractivity contribution in [3.8, 4) is 11.5 Å². The van der Waals surface area contributed by atoms with Crippen molar-refractivity contribution in [2.75, 3.05) is 11.7 Å². The lowest BCUT2D eigenvalue weighted by atomic mass is 9.86. The van der Waals surface area contributed by atoms with Gasteiger partial charge in [0.05, 0.1) is 27.0 Å². The van der Waals surface area contributed by atoms with Crippen LogP contribution in [0.15, 0.2) is 54.6 Å². The summed E-state index contributed by atoms with van der Waals surface area (Å²) in [5.41, 5.74) is -0.822. The van der Waals surface area contributed by atoms with Gasteiger partial charge in [-0.2, -0.15) is 0 Å². The van der Waals surface area contributed by atoms with E-state index in [9.17, 15) is 34.6 Å². The molecule has 3 aliphatic heterocycles. The number of β-lactam (4-membered cyclic amide) rings is 1. The molecule has 0 radical (unpaired) electrons. The fraction of sp³-hybridized carbons (Fsp3) is 0.125. The first-order valence-electron chi connectivity index (χ1n) is 11.0. The lowest BCUT2D eigenvalue weighted by Gasteiger charge is -2.49. The fourth-order valence-corrected chi connectivity index (χ4v) is 5.05. The Morgan fingerprint density at radius 3 is 2.26 bits per heavy atom. The molecule has 6 rings (SSSR count). The number of nitrogens with zero attached hydrogens (tertiary/aromatic N) is 4. The van der Waals surface area contributed by atoms with Crippen molar-refractivity contribution >= 4 is 46.4 Å². The van der Waals surface area contributed by atoms with E-state index in [0.29, 0.717) is 17.1 Å². The first-order chi connectivity index (χ1) is 18.2. The average Bonchev–Trinajstić information content (AvgIpc) is 3.45. The van der Waals surface area contributed by atoms with Gasteiger partial charge in [0.1, 0.15) is 11.7 Å². The molecule has 190 valence electrons. The number of carbonyl (C=O) groups is 3. The summed E-state index contributed by atoms with van der Waals surface area (Å²) < 4.78 is 10.8. The third-order valence-corrected chi connectivity index (χ3v) is 6.83. The highest BCUT2D eigenvalue weighted by Crippen LogP contribution is 2.49. The summed E-state index contributed by atoms with van der Waals surface area (Å²) in [5, 5.41) is 23.1. The molecular weight excluding hydrogens is 524 g/mol. The highest BCUT2D eigenvalue weighted by molar-refractivity contribution is 6.31. The number of hydrogen-bond donors (Lipinski definition) is 0. The molecule has 3 aromatic rings. The number of fused-ring (bicyclic) bond motifs is 2. The van der Waals surface area contributed by atoms with Crippen LogP contribution < -0.4 is 14.4 Å². The lowest BCUT2D eigenvalue weighted by Crippen LogP contribution is -2.67. The number of imide groups is 1. The largest absolute Gasteiger partial charge is 0.454 e. The van der Waals surface area contributed by atoms with Gasteiger partial charge < -0.3 is 9.47 Å². The number of nitro benzene ring substituents is 2. The van der Waals surface area contributed by atoms with Gasteiger partial charge in [0, 0.05) is 23.2 Å². The minimum Gasteiger partial charge on any atom is -0.454 e. The number of rotatable bonds is 5. The summed E-state index contributed by atoms with van der Waals surface area (Å²) >= 11 is 5.95. The zero-order valence-electron chi connectivity index (χ0n) is 18.9. The Labute approximate surface area is 217 Å². The molecule has 13 nitrogen and oxygen atoms in total. The zero-order valence-corrected chi connectivity index (χ0v) is 19.7. The lowest BCUT2D eigenvalue weighted by molar-refractivity contribution is -0.384. The molecule has 0 N–H and O–H groups in total. The van der Waals surface area contributed by atoms with Gasteiger partial charge in [-0.05, 0) is 35.9 Å². The monoisotopic (exact) mass is 536 g/mol. The van der Waals surface area contributed by atoms with E-state index in [-0.39, 0.29) is 28.6 Å². The third kappa shape index (κ3) is 3.29. The van der Waals surface area contributed by atoms with Gasteiger partial charge in [-0.1, -0.05) is 17.7 Å². The van der Waals surface area contributed by atoms with Crippen molar-refractivity contribution in [2.24, 2.45) is 0 Å². The summed E-state index contributed by atoms with van der Waals surface area (Å²) in [5.74, 6) is -1.67. The second-order valence-electron chi connectivity index (χ2n) is 8.57. The van der Waals surface area contributed by atoms with Gasteiger partial charge in [0.25, 0.3) is 29.1 Å². The van der Waals surface area contributed by atoms with E-state index in [1.807, 2.05) is 0 Å². The van der Waals surface area contributed by atoms with Crippen molar-refractivity contribution in [3.05, 3.63) is 96.5 Å². The van der Waals surface area contributed by atoms with Crippen LogP contribution >= 0.6 is 11.6 Å². The molecule has 0 aliphatic carbocycles. The maximum Gasteiger partial charge on any atom is 0.294 e. The van der Waals surface area contributed by atoms with Crippen molar-refractivity contribution in [2.45, 2.75) is 12.1 Å². The molecule has 1 saturated heterocycles. The van der Waals surface area contributed by atoms with Crippen LogP contribution in [0.5, 0.6) is 11.5 Å². The van der Waals surface area contributed by atoms with E-state index in [0.717, 1.165) is 34.1 Å². The van der Waals surface area contributed by atoms with Crippen LogP contribution in [-0.2, 0) is 4.79 Å². The van der Waals surface area contributed by atoms with E-state index in [2.05, 4.69) is 0 Å². The van der Waals surface area contributed by atoms with E-state index in [1.165, 1.54) is 12.1 Å². The van der Waals surface area contributed by atoms with Crippen molar-refractivity contribution < 1.29 is 33.7 Å². The topological polar surface area (TPSA) is 162 Å². The van der Waals surface area contributed by atoms with Crippen LogP contribution in [0.4, 0.5) is 17.1 Å². The molecule has 2 atom stereocenters. The van der Waals surface area contributed by atoms with Crippen LogP contribution in [0.1, 0.15) is 32.3 Å². The molecular formula is C24H13ClN4O9. The van der Waals surface area contributed by atoms with Crippen LogP contribution in [0.25, 0.3) is 0 Å². The number of amides is 3. The fourth-order valence-electron chi connectivity index (χ4n) is 4.88. The van der Waals surface area contributed by atoms with E-state index >= 15 is 0 Å². The Morgan fingerprint density at radius 2 is 1.53 bits per heavy atom. The Hall–Kier alpha value is -5.04. The van der Waals surface area contributed by atoms with E-state index < -0.39 is 51.0 Å². The molecule has 3 aliphatic rings. The number of hydrogen-bond acceptors (Lipinski definition) is 9. The Balaban J connectivity index is 1.47. The van der Waals surface area contributed by atoms with Crippen LogP contribution in [0, 0.1) is 20.2 Å². The van der Waals surface area contributed by atoms with Gasteiger partial charge in [-0.3, -0.25) is 44.4 Å². The minimum atomic E-state index is -1.39. The molecule has 0 bridgehead atoms. The van der Waals surface area contributed by atoms with Crippen molar-refractivity contribution in [1.82, 2.24) is 4.90 Å². The number of ether oxygens (including phenoxy) is 2. The van der Waals surface area contributed by atoms with Crippen molar-refractivity contribution in [1.29, 1.82) is 0 Å². The molecule has 3 aromatic carbocycles.